The molecule has 0 atom stereocenters. The molecule has 0 aliphatic heterocycles. The number of hydrogen-bond acceptors (Lipinski definition) is 3. The molecule has 2 rings (SSSR count). The summed E-state index contributed by atoms with van der Waals surface area (Å²) >= 11 is 0. The summed E-state index contributed by atoms with van der Waals surface area (Å²) in [6, 6.07) is 3.94. The molecule has 0 spiro atoms. The molecule has 19 heavy (non-hydrogen) atoms. The second-order valence-electron chi connectivity index (χ2n) is 4.80. The number of pyridine rings is 1. The van der Waals surface area contributed by atoms with Crippen LogP contribution in [0.3, 0.4) is 0 Å². The highest BCUT2D eigenvalue weighted by atomic mass is 16.5. The maximum atomic E-state index is 5.83. The Hall–Kier alpha value is -1.55. The van der Waals surface area contributed by atoms with Crippen LogP contribution in [0.2, 0.25) is 0 Å². The minimum Gasteiger partial charge on any atom is -0.490 e. The Morgan fingerprint density at radius 1 is 1.26 bits per heavy atom. The molecule has 4 nitrogen and oxygen atoms in total. The van der Waals surface area contributed by atoms with Crippen molar-refractivity contribution in [3.05, 3.63) is 30.2 Å². The van der Waals surface area contributed by atoms with Crippen molar-refractivity contribution in [2.45, 2.75) is 45.6 Å². The van der Waals surface area contributed by atoms with Gasteiger partial charge in [0.25, 0.3) is 0 Å². The first-order valence-corrected chi connectivity index (χ1v) is 7.14. The molecule has 2 N–H and O–H groups in total. The van der Waals surface area contributed by atoms with Gasteiger partial charge >= 0.3 is 0 Å². The Labute approximate surface area is 114 Å². The van der Waals surface area contributed by atoms with E-state index < -0.39 is 0 Å². The highest BCUT2D eigenvalue weighted by molar-refractivity contribution is 5.54. The quantitative estimate of drug-likeness (QED) is 0.743. The number of ether oxygens (including phenoxy) is 1. The van der Waals surface area contributed by atoms with Crippen LogP contribution < -0.4 is 10.5 Å². The average Bonchev–Trinajstić information content (AvgIpc) is 2.86. The van der Waals surface area contributed by atoms with Gasteiger partial charge in [-0.3, -0.25) is 0 Å². The Morgan fingerprint density at radius 3 is 2.89 bits per heavy atom. The van der Waals surface area contributed by atoms with Crippen LogP contribution in [0.1, 0.15) is 44.7 Å². The van der Waals surface area contributed by atoms with Gasteiger partial charge in [-0.25, -0.2) is 4.98 Å². The highest BCUT2D eigenvalue weighted by Crippen LogP contribution is 2.19. The minimum atomic E-state index is 0.456. The lowest BCUT2D eigenvalue weighted by atomic mass is 10.2. The first-order chi connectivity index (χ1) is 9.35. The van der Waals surface area contributed by atoms with E-state index in [-0.39, 0.29) is 0 Å². The zero-order valence-corrected chi connectivity index (χ0v) is 11.6. The predicted molar refractivity (Wildman–Crippen MR) is 77.3 cm³/mol. The van der Waals surface area contributed by atoms with E-state index in [9.17, 15) is 0 Å². The van der Waals surface area contributed by atoms with E-state index >= 15 is 0 Å². The van der Waals surface area contributed by atoms with Crippen molar-refractivity contribution in [3.63, 3.8) is 0 Å². The number of unbranched alkanes of at least 4 members (excludes halogenated alkanes) is 4. The molecule has 2 aromatic rings. The summed E-state index contributed by atoms with van der Waals surface area (Å²) in [6.45, 7) is 3.44. The molecular weight excluding hydrogens is 238 g/mol. The molecule has 0 fully saturated rings. The van der Waals surface area contributed by atoms with Gasteiger partial charge in [-0.2, -0.15) is 0 Å². The van der Waals surface area contributed by atoms with Crippen LogP contribution >= 0.6 is 0 Å². The second kappa shape index (κ2) is 7.14. The van der Waals surface area contributed by atoms with E-state index in [0.29, 0.717) is 6.54 Å². The number of nitrogens with two attached hydrogens (primary N) is 1. The molecule has 0 saturated heterocycles. The first kappa shape index (κ1) is 13.9. The van der Waals surface area contributed by atoms with Gasteiger partial charge < -0.3 is 14.9 Å². The zero-order chi connectivity index (χ0) is 13.5. The van der Waals surface area contributed by atoms with Crippen LogP contribution in [0.15, 0.2) is 24.5 Å². The van der Waals surface area contributed by atoms with E-state index in [0.717, 1.165) is 30.1 Å². The summed E-state index contributed by atoms with van der Waals surface area (Å²) in [5.74, 6) is 0.845. The average molecular weight is 261 g/mol. The van der Waals surface area contributed by atoms with Crippen LogP contribution in [0.5, 0.6) is 5.75 Å². The van der Waals surface area contributed by atoms with E-state index in [2.05, 4.69) is 11.9 Å². The third kappa shape index (κ3) is 3.70. The van der Waals surface area contributed by atoms with Gasteiger partial charge in [0.15, 0.2) is 11.4 Å². The maximum absolute atomic E-state index is 5.83. The Balaban J connectivity index is 1.91. The van der Waals surface area contributed by atoms with Crippen molar-refractivity contribution in [1.82, 2.24) is 9.38 Å². The van der Waals surface area contributed by atoms with Gasteiger partial charge in [0.2, 0.25) is 0 Å². The standard InChI is InChI=1S/C15H23N3O/c1-2-3-4-5-6-10-19-14-8-7-9-18-12-13(11-16)17-15(14)18/h7-9,12H,2-6,10-11,16H2,1H3. The number of imidazole rings is 1. The molecule has 2 aromatic heterocycles. The van der Waals surface area contributed by atoms with Gasteiger partial charge in [-0.05, 0) is 18.6 Å². The molecule has 0 unspecified atom stereocenters. The topological polar surface area (TPSA) is 52.5 Å². The smallest absolute Gasteiger partial charge is 0.179 e. The van der Waals surface area contributed by atoms with Crippen LogP contribution in [0.25, 0.3) is 5.65 Å². The summed E-state index contributed by atoms with van der Waals surface area (Å²) in [5, 5.41) is 0. The molecule has 0 amide bonds. The van der Waals surface area contributed by atoms with E-state index in [1.165, 1.54) is 25.7 Å². The number of aromatic nitrogens is 2. The summed E-state index contributed by atoms with van der Waals surface area (Å²) in [6.07, 6.45) is 10.1. The SMILES string of the molecule is CCCCCCCOc1cccn2cc(CN)nc12. The fourth-order valence-corrected chi connectivity index (χ4v) is 2.14. The lowest BCUT2D eigenvalue weighted by molar-refractivity contribution is 0.306. The molecule has 4 heteroatoms. The van der Waals surface area contributed by atoms with Crippen molar-refractivity contribution in [2.75, 3.05) is 6.61 Å². The minimum absolute atomic E-state index is 0.456. The lowest BCUT2D eigenvalue weighted by Gasteiger charge is -2.06. The normalized spacial score (nSPS) is 11.1. The van der Waals surface area contributed by atoms with Gasteiger partial charge in [-0.15, -0.1) is 0 Å². The van der Waals surface area contributed by atoms with E-state index in [4.69, 9.17) is 10.5 Å². The maximum Gasteiger partial charge on any atom is 0.179 e. The fraction of sp³-hybridized carbons (Fsp3) is 0.533. The molecule has 0 radical (unpaired) electrons. The molecule has 0 aliphatic rings. The van der Waals surface area contributed by atoms with Crippen LogP contribution in [-0.2, 0) is 6.54 Å². The molecule has 0 aliphatic carbocycles. The largest absolute Gasteiger partial charge is 0.490 e. The van der Waals surface area contributed by atoms with Crippen molar-refractivity contribution in [2.24, 2.45) is 5.73 Å². The highest BCUT2D eigenvalue weighted by Gasteiger charge is 2.06. The first-order valence-electron chi connectivity index (χ1n) is 7.14. The van der Waals surface area contributed by atoms with Crippen molar-refractivity contribution < 1.29 is 4.74 Å². The third-order valence-corrected chi connectivity index (χ3v) is 3.21. The van der Waals surface area contributed by atoms with Crippen molar-refractivity contribution in [3.8, 4) is 5.75 Å². The molecule has 0 saturated carbocycles. The predicted octanol–water partition coefficient (Wildman–Crippen LogP) is 3.14. The van der Waals surface area contributed by atoms with Crippen molar-refractivity contribution in [1.29, 1.82) is 0 Å². The summed E-state index contributed by atoms with van der Waals surface area (Å²) < 4.78 is 7.80. The number of nitrogens with zero attached hydrogens (tertiary/aromatic N) is 2. The third-order valence-electron chi connectivity index (χ3n) is 3.21. The monoisotopic (exact) mass is 261 g/mol. The summed E-state index contributed by atoms with van der Waals surface area (Å²) in [4.78, 5) is 4.47. The van der Waals surface area contributed by atoms with Gasteiger partial charge in [0.1, 0.15) is 0 Å². The van der Waals surface area contributed by atoms with Crippen molar-refractivity contribution >= 4 is 5.65 Å². The van der Waals surface area contributed by atoms with Crippen LogP contribution in [-0.4, -0.2) is 16.0 Å². The van der Waals surface area contributed by atoms with Gasteiger partial charge in [0, 0.05) is 18.9 Å². The Bertz CT molecular complexity index is 507. The van der Waals surface area contributed by atoms with E-state index in [1.54, 1.807) is 0 Å². The second-order valence-corrected chi connectivity index (χ2v) is 4.80. The van der Waals surface area contributed by atoms with Gasteiger partial charge in [-0.1, -0.05) is 32.6 Å². The Morgan fingerprint density at radius 2 is 2.11 bits per heavy atom. The fourth-order valence-electron chi connectivity index (χ4n) is 2.14. The summed E-state index contributed by atoms with van der Waals surface area (Å²) in [5.41, 5.74) is 7.36. The molecular formula is C15H23N3O. The zero-order valence-electron chi connectivity index (χ0n) is 11.6. The molecule has 0 aromatic carbocycles. The lowest BCUT2D eigenvalue weighted by Crippen LogP contribution is -1.99. The Kier molecular flexibility index (Phi) is 5.21. The number of rotatable bonds is 8. The van der Waals surface area contributed by atoms with Crippen LogP contribution in [0, 0.1) is 0 Å². The van der Waals surface area contributed by atoms with E-state index in [1.807, 2.05) is 28.9 Å². The summed E-state index contributed by atoms with van der Waals surface area (Å²) in [7, 11) is 0. The van der Waals surface area contributed by atoms with Crippen LogP contribution in [0.4, 0.5) is 0 Å². The molecule has 2 heterocycles. The number of fused-ring (bicyclic) bond motifs is 1. The molecule has 0 bridgehead atoms. The number of hydrogen-bond donors (Lipinski definition) is 1. The van der Waals surface area contributed by atoms with Gasteiger partial charge in [0.05, 0.1) is 12.3 Å². The molecule has 104 valence electrons.